The Balaban J connectivity index is 2.83. The standard InChI is InChI=1S/C13H22BrN5O/c1-5-15-13-16-8-10(14)12(17-13)18(4)9-11(20)19(6-2)7-3/h8H,5-7,9H2,1-4H3,(H,15,16,17). The molecule has 0 saturated heterocycles. The smallest absolute Gasteiger partial charge is 0.242 e. The molecule has 112 valence electrons. The number of nitrogens with zero attached hydrogens (tertiary/aromatic N) is 4. The average Bonchev–Trinajstić information content (AvgIpc) is 2.42. The van der Waals surface area contributed by atoms with E-state index < -0.39 is 0 Å². The van der Waals surface area contributed by atoms with Crippen molar-refractivity contribution in [2.75, 3.05) is 43.4 Å². The molecule has 1 aromatic rings. The number of nitrogens with one attached hydrogen (secondary N) is 1. The second-order valence-corrected chi connectivity index (χ2v) is 5.17. The van der Waals surface area contributed by atoms with Gasteiger partial charge in [0.15, 0.2) is 0 Å². The molecule has 0 aromatic carbocycles. The van der Waals surface area contributed by atoms with Crippen molar-refractivity contribution in [3.05, 3.63) is 10.7 Å². The molecule has 20 heavy (non-hydrogen) atoms. The van der Waals surface area contributed by atoms with Gasteiger partial charge in [-0.15, -0.1) is 0 Å². The van der Waals surface area contributed by atoms with Crippen LogP contribution in [-0.2, 0) is 4.79 Å². The van der Waals surface area contributed by atoms with Crippen molar-refractivity contribution in [3.8, 4) is 0 Å². The normalized spacial score (nSPS) is 10.2. The Hall–Kier alpha value is -1.37. The fraction of sp³-hybridized carbons (Fsp3) is 0.615. The first-order valence-corrected chi connectivity index (χ1v) is 7.58. The van der Waals surface area contributed by atoms with Crippen LogP contribution in [-0.4, -0.2) is 54.0 Å². The zero-order valence-electron chi connectivity index (χ0n) is 12.5. The van der Waals surface area contributed by atoms with Gasteiger partial charge >= 0.3 is 0 Å². The number of anilines is 2. The Morgan fingerprint density at radius 3 is 2.55 bits per heavy atom. The fourth-order valence-electron chi connectivity index (χ4n) is 1.82. The van der Waals surface area contributed by atoms with Crippen LogP contribution < -0.4 is 10.2 Å². The van der Waals surface area contributed by atoms with E-state index in [0.717, 1.165) is 24.1 Å². The van der Waals surface area contributed by atoms with Crippen LogP contribution in [0.4, 0.5) is 11.8 Å². The summed E-state index contributed by atoms with van der Waals surface area (Å²) >= 11 is 3.42. The summed E-state index contributed by atoms with van der Waals surface area (Å²) in [5.41, 5.74) is 0. The molecule has 1 N–H and O–H groups in total. The third kappa shape index (κ3) is 4.33. The van der Waals surface area contributed by atoms with Crippen LogP contribution in [0.2, 0.25) is 0 Å². The number of rotatable bonds is 7. The van der Waals surface area contributed by atoms with Gasteiger partial charge in [0.25, 0.3) is 0 Å². The largest absolute Gasteiger partial charge is 0.354 e. The Labute approximate surface area is 128 Å². The zero-order valence-corrected chi connectivity index (χ0v) is 14.1. The molecule has 0 aliphatic heterocycles. The van der Waals surface area contributed by atoms with E-state index in [0.29, 0.717) is 18.3 Å². The van der Waals surface area contributed by atoms with E-state index >= 15 is 0 Å². The van der Waals surface area contributed by atoms with E-state index in [1.54, 1.807) is 11.1 Å². The summed E-state index contributed by atoms with van der Waals surface area (Å²) in [6.07, 6.45) is 1.69. The number of likely N-dealkylation sites (N-methyl/N-ethyl adjacent to an activating group) is 2. The molecule has 0 spiro atoms. The van der Waals surface area contributed by atoms with Gasteiger partial charge < -0.3 is 15.1 Å². The number of hydrogen-bond acceptors (Lipinski definition) is 5. The molecule has 0 atom stereocenters. The number of aromatic nitrogens is 2. The van der Waals surface area contributed by atoms with Crippen LogP contribution in [0.15, 0.2) is 10.7 Å². The molecule has 0 bridgehead atoms. The van der Waals surface area contributed by atoms with Crippen molar-refractivity contribution in [2.45, 2.75) is 20.8 Å². The molecule has 6 nitrogen and oxygen atoms in total. The van der Waals surface area contributed by atoms with E-state index in [4.69, 9.17) is 0 Å². The summed E-state index contributed by atoms with van der Waals surface area (Å²) in [4.78, 5) is 24.3. The average molecular weight is 344 g/mol. The van der Waals surface area contributed by atoms with Gasteiger partial charge in [-0.1, -0.05) is 0 Å². The van der Waals surface area contributed by atoms with Crippen LogP contribution in [0.5, 0.6) is 0 Å². The van der Waals surface area contributed by atoms with Gasteiger partial charge in [0.1, 0.15) is 5.82 Å². The molecule has 7 heteroatoms. The van der Waals surface area contributed by atoms with E-state index in [2.05, 4.69) is 31.2 Å². The van der Waals surface area contributed by atoms with E-state index in [1.807, 2.05) is 32.7 Å². The monoisotopic (exact) mass is 343 g/mol. The fourth-order valence-corrected chi connectivity index (χ4v) is 2.32. The van der Waals surface area contributed by atoms with Gasteiger partial charge in [-0.2, -0.15) is 4.98 Å². The first-order valence-electron chi connectivity index (χ1n) is 6.78. The molecular formula is C13H22BrN5O. The highest BCUT2D eigenvalue weighted by atomic mass is 79.9. The summed E-state index contributed by atoms with van der Waals surface area (Å²) in [6.45, 7) is 8.43. The number of carbonyl (C=O) groups is 1. The molecule has 0 fully saturated rings. The molecule has 0 unspecified atom stereocenters. The molecule has 0 aliphatic carbocycles. The zero-order chi connectivity index (χ0) is 15.1. The third-order valence-corrected chi connectivity index (χ3v) is 3.47. The summed E-state index contributed by atoms with van der Waals surface area (Å²) in [7, 11) is 1.85. The van der Waals surface area contributed by atoms with Crippen LogP contribution in [0.3, 0.4) is 0 Å². The van der Waals surface area contributed by atoms with E-state index in [9.17, 15) is 4.79 Å². The van der Waals surface area contributed by atoms with Crippen LogP contribution in [0.25, 0.3) is 0 Å². The molecule has 0 saturated carbocycles. The Kier molecular flexibility index (Phi) is 6.70. The minimum absolute atomic E-state index is 0.0908. The van der Waals surface area contributed by atoms with Gasteiger partial charge in [0.2, 0.25) is 11.9 Å². The van der Waals surface area contributed by atoms with Crippen LogP contribution >= 0.6 is 15.9 Å². The maximum Gasteiger partial charge on any atom is 0.242 e. The molecular weight excluding hydrogens is 322 g/mol. The highest BCUT2D eigenvalue weighted by Crippen LogP contribution is 2.23. The van der Waals surface area contributed by atoms with Gasteiger partial charge in [0, 0.05) is 32.9 Å². The number of carbonyl (C=O) groups excluding carboxylic acids is 1. The highest BCUT2D eigenvalue weighted by molar-refractivity contribution is 9.10. The predicted octanol–water partition coefficient (Wildman–Crippen LogP) is 1.98. The lowest BCUT2D eigenvalue weighted by atomic mass is 10.4. The second kappa shape index (κ2) is 8.04. The summed E-state index contributed by atoms with van der Waals surface area (Å²) in [5.74, 6) is 1.36. The van der Waals surface area contributed by atoms with Crippen molar-refractivity contribution in [1.29, 1.82) is 0 Å². The van der Waals surface area contributed by atoms with Crippen molar-refractivity contribution < 1.29 is 4.79 Å². The number of amides is 1. The highest BCUT2D eigenvalue weighted by Gasteiger charge is 2.16. The van der Waals surface area contributed by atoms with Crippen LogP contribution in [0, 0.1) is 0 Å². The number of hydrogen-bond donors (Lipinski definition) is 1. The lowest BCUT2D eigenvalue weighted by Crippen LogP contribution is -2.39. The minimum atomic E-state index is 0.0908. The second-order valence-electron chi connectivity index (χ2n) is 4.32. The molecule has 1 rings (SSSR count). The maximum absolute atomic E-state index is 12.1. The first kappa shape index (κ1) is 16.7. The topological polar surface area (TPSA) is 61.4 Å². The molecule has 1 heterocycles. The maximum atomic E-state index is 12.1. The lowest BCUT2D eigenvalue weighted by Gasteiger charge is -2.24. The van der Waals surface area contributed by atoms with Crippen molar-refractivity contribution in [1.82, 2.24) is 14.9 Å². The lowest BCUT2D eigenvalue weighted by molar-refractivity contribution is -0.129. The minimum Gasteiger partial charge on any atom is -0.354 e. The summed E-state index contributed by atoms with van der Waals surface area (Å²) in [6, 6.07) is 0. The number of halogens is 1. The Morgan fingerprint density at radius 2 is 2.00 bits per heavy atom. The third-order valence-electron chi connectivity index (χ3n) is 2.91. The molecule has 1 aromatic heterocycles. The van der Waals surface area contributed by atoms with Gasteiger partial charge in [-0.25, -0.2) is 4.98 Å². The van der Waals surface area contributed by atoms with Gasteiger partial charge in [-0.3, -0.25) is 4.79 Å². The Bertz CT molecular complexity index is 450. The van der Waals surface area contributed by atoms with E-state index in [1.165, 1.54) is 0 Å². The van der Waals surface area contributed by atoms with Crippen molar-refractivity contribution in [3.63, 3.8) is 0 Å². The SMILES string of the molecule is CCNc1ncc(Br)c(N(C)CC(=O)N(CC)CC)n1. The van der Waals surface area contributed by atoms with E-state index in [-0.39, 0.29) is 5.91 Å². The quantitative estimate of drug-likeness (QED) is 0.820. The molecule has 0 aliphatic rings. The predicted molar refractivity (Wildman–Crippen MR) is 85.1 cm³/mol. The Morgan fingerprint density at radius 1 is 1.35 bits per heavy atom. The molecule has 0 radical (unpaired) electrons. The van der Waals surface area contributed by atoms with Crippen LogP contribution in [0.1, 0.15) is 20.8 Å². The summed E-state index contributed by atoms with van der Waals surface area (Å²) < 4.78 is 0.772. The van der Waals surface area contributed by atoms with Gasteiger partial charge in [0.05, 0.1) is 11.0 Å². The van der Waals surface area contributed by atoms with Gasteiger partial charge in [-0.05, 0) is 36.7 Å². The summed E-state index contributed by atoms with van der Waals surface area (Å²) in [5, 5.41) is 3.06. The van der Waals surface area contributed by atoms with Crippen molar-refractivity contribution >= 4 is 33.6 Å². The van der Waals surface area contributed by atoms with Crippen molar-refractivity contribution in [2.24, 2.45) is 0 Å². The molecule has 1 amide bonds. The first-order chi connectivity index (χ1) is 9.53.